The Balaban J connectivity index is 2.19. The Morgan fingerprint density at radius 1 is 1.53 bits per heavy atom. The van der Waals surface area contributed by atoms with Crippen LogP contribution in [0.2, 0.25) is 0 Å². The van der Waals surface area contributed by atoms with Crippen molar-refractivity contribution in [2.24, 2.45) is 5.92 Å². The average Bonchev–Trinajstić information content (AvgIpc) is 2.60. The van der Waals surface area contributed by atoms with E-state index in [-0.39, 0.29) is 17.9 Å². The SMILES string of the molecule is CC(C#N)CNC1C(=O)N(C)c2ccccc21. The average molecular weight is 229 g/mol. The number of hydrogen-bond donors (Lipinski definition) is 1. The minimum absolute atomic E-state index is 0.0383. The van der Waals surface area contributed by atoms with E-state index in [2.05, 4.69) is 11.4 Å². The molecule has 1 aromatic rings. The van der Waals surface area contributed by atoms with Crippen molar-refractivity contribution in [3.63, 3.8) is 0 Å². The van der Waals surface area contributed by atoms with Crippen LogP contribution < -0.4 is 10.2 Å². The van der Waals surface area contributed by atoms with E-state index in [9.17, 15) is 4.79 Å². The van der Waals surface area contributed by atoms with Gasteiger partial charge < -0.3 is 10.2 Å². The Labute approximate surface area is 101 Å². The fourth-order valence-corrected chi connectivity index (χ4v) is 2.02. The molecule has 0 aromatic heterocycles. The summed E-state index contributed by atoms with van der Waals surface area (Å²) in [6.45, 7) is 2.36. The molecule has 0 bridgehead atoms. The summed E-state index contributed by atoms with van der Waals surface area (Å²) in [6.07, 6.45) is 0. The molecule has 4 heteroatoms. The molecule has 0 spiro atoms. The van der Waals surface area contributed by atoms with Crippen LogP contribution in [-0.4, -0.2) is 19.5 Å². The molecule has 0 saturated carbocycles. The summed E-state index contributed by atoms with van der Waals surface area (Å²) in [4.78, 5) is 13.7. The van der Waals surface area contributed by atoms with E-state index in [1.54, 1.807) is 11.9 Å². The predicted octanol–water partition coefficient (Wildman–Crippen LogP) is 1.45. The van der Waals surface area contributed by atoms with Gasteiger partial charge in [0.15, 0.2) is 0 Å². The van der Waals surface area contributed by atoms with Gasteiger partial charge in [-0.1, -0.05) is 18.2 Å². The van der Waals surface area contributed by atoms with Crippen molar-refractivity contribution in [2.75, 3.05) is 18.5 Å². The van der Waals surface area contributed by atoms with Gasteiger partial charge in [0.1, 0.15) is 6.04 Å². The lowest BCUT2D eigenvalue weighted by molar-refractivity contribution is -0.119. The van der Waals surface area contributed by atoms with Crippen molar-refractivity contribution < 1.29 is 4.79 Å². The van der Waals surface area contributed by atoms with E-state index < -0.39 is 0 Å². The van der Waals surface area contributed by atoms with E-state index in [4.69, 9.17) is 5.26 Å². The van der Waals surface area contributed by atoms with Crippen LogP contribution in [0.3, 0.4) is 0 Å². The highest BCUT2D eigenvalue weighted by molar-refractivity contribution is 6.04. The molecule has 0 aliphatic carbocycles. The highest BCUT2D eigenvalue weighted by Crippen LogP contribution is 2.34. The molecule has 17 heavy (non-hydrogen) atoms. The van der Waals surface area contributed by atoms with Crippen LogP contribution in [-0.2, 0) is 4.79 Å². The minimum atomic E-state index is -0.313. The molecule has 2 atom stereocenters. The van der Waals surface area contributed by atoms with Crippen molar-refractivity contribution in [2.45, 2.75) is 13.0 Å². The Morgan fingerprint density at radius 3 is 2.94 bits per heavy atom. The predicted molar refractivity (Wildman–Crippen MR) is 65.4 cm³/mol. The number of amides is 1. The molecule has 1 aromatic carbocycles. The number of benzene rings is 1. The van der Waals surface area contributed by atoms with Gasteiger partial charge in [0, 0.05) is 24.8 Å². The van der Waals surface area contributed by atoms with Gasteiger partial charge in [0.25, 0.3) is 0 Å². The number of nitriles is 1. The first-order chi connectivity index (χ1) is 8.15. The van der Waals surface area contributed by atoms with E-state index in [1.165, 1.54) is 0 Å². The molecule has 1 amide bonds. The van der Waals surface area contributed by atoms with Crippen molar-refractivity contribution in [3.8, 4) is 6.07 Å². The number of rotatable bonds is 3. The summed E-state index contributed by atoms with van der Waals surface area (Å²) in [5.41, 5.74) is 1.93. The monoisotopic (exact) mass is 229 g/mol. The van der Waals surface area contributed by atoms with E-state index in [0.29, 0.717) is 6.54 Å². The maximum Gasteiger partial charge on any atom is 0.248 e. The molecular weight excluding hydrogens is 214 g/mol. The molecule has 0 fully saturated rings. The van der Waals surface area contributed by atoms with Crippen LogP contribution in [0.4, 0.5) is 5.69 Å². The summed E-state index contributed by atoms with van der Waals surface area (Å²) in [5, 5.41) is 11.9. The number of hydrogen-bond acceptors (Lipinski definition) is 3. The first kappa shape index (κ1) is 11.6. The second-order valence-electron chi connectivity index (χ2n) is 4.33. The Bertz CT molecular complexity index is 478. The Hall–Kier alpha value is -1.86. The molecule has 0 radical (unpaired) electrons. The van der Waals surface area contributed by atoms with Crippen LogP contribution in [0.5, 0.6) is 0 Å². The second-order valence-corrected chi connectivity index (χ2v) is 4.33. The van der Waals surface area contributed by atoms with Crippen LogP contribution >= 0.6 is 0 Å². The molecule has 1 aliphatic rings. The number of carbonyl (C=O) groups excluding carboxylic acids is 1. The summed E-state index contributed by atoms with van der Waals surface area (Å²) in [5.74, 6) is -0.0581. The number of carbonyl (C=O) groups is 1. The second kappa shape index (κ2) is 4.56. The molecule has 2 unspecified atom stereocenters. The van der Waals surface area contributed by atoms with Gasteiger partial charge in [-0.05, 0) is 13.0 Å². The zero-order valence-electron chi connectivity index (χ0n) is 9.97. The Kier molecular flexibility index (Phi) is 3.12. The largest absolute Gasteiger partial charge is 0.313 e. The van der Waals surface area contributed by atoms with Gasteiger partial charge in [-0.25, -0.2) is 0 Å². The minimum Gasteiger partial charge on any atom is -0.313 e. The van der Waals surface area contributed by atoms with Crippen LogP contribution in [0.15, 0.2) is 24.3 Å². The van der Waals surface area contributed by atoms with Crippen LogP contribution in [0.1, 0.15) is 18.5 Å². The highest BCUT2D eigenvalue weighted by Gasteiger charge is 2.34. The third-order valence-corrected chi connectivity index (χ3v) is 3.04. The van der Waals surface area contributed by atoms with Gasteiger partial charge in [-0.3, -0.25) is 4.79 Å². The fraction of sp³-hybridized carbons (Fsp3) is 0.385. The zero-order chi connectivity index (χ0) is 12.4. The quantitative estimate of drug-likeness (QED) is 0.853. The highest BCUT2D eigenvalue weighted by atomic mass is 16.2. The lowest BCUT2D eigenvalue weighted by Crippen LogP contribution is -2.34. The fourth-order valence-electron chi connectivity index (χ4n) is 2.02. The van der Waals surface area contributed by atoms with Crippen molar-refractivity contribution in [1.29, 1.82) is 5.26 Å². The van der Waals surface area contributed by atoms with Gasteiger partial charge in [-0.2, -0.15) is 5.26 Å². The normalized spacial score (nSPS) is 19.9. The molecule has 1 heterocycles. The third kappa shape index (κ3) is 2.02. The molecule has 1 N–H and O–H groups in total. The lowest BCUT2D eigenvalue weighted by atomic mass is 10.1. The zero-order valence-corrected chi connectivity index (χ0v) is 9.97. The van der Waals surface area contributed by atoms with Gasteiger partial charge in [0.2, 0.25) is 5.91 Å². The van der Waals surface area contributed by atoms with Crippen molar-refractivity contribution >= 4 is 11.6 Å². The number of anilines is 1. The van der Waals surface area contributed by atoms with E-state index in [0.717, 1.165) is 11.3 Å². The third-order valence-electron chi connectivity index (χ3n) is 3.04. The smallest absolute Gasteiger partial charge is 0.248 e. The molecule has 2 rings (SSSR count). The van der Waals surface area contributed by atoms with Gasteiger partial charge in [-0.15, -0.1) is 0 Å². The lowest BCUT2D eigenvalue weighted by Gasteiger charge is -2.13. The summed E-state index contributed by atoms with van der Waals surface area (Å²) in [7, 11) is 1.77. The first-order valence-corrected chi connectivity index (χ1v) is 5.64. The number of nitrogens with one attached hydrogen (secondary N) is 1. The maximum atomic E-state index is 12.0. The van der Waals surface area contributed by atoms with Crippen LogP contribution in [0, 0.1) is 17.2 Å². The van der Waals surface area contributed by atoms with E-state index >= 15 is 0 Å². The molecule has 1 aliphatic heterocycles. The number of para-hydroxylation sites is 1. The standard InChI is InChI=1S/C13H15N3O/c1-9(7-14)8-15-12-10-5-3-4-6-11(10)16(2)13(12)17/h3-6,9,12,15H,8H2,1-2H3. The number of fused-ring (bicyclic) bond motifs is 1. The summed E-state index contributed by atoms with van der Waals surface area (Å²) in [6, 6.07) is 9.57. The first-order valence-electron chi connectivity index (χ1n) is 5.64. The van der Waals surface area contributed by atoms with Crippen LogP contribution in [0.25, 0.3) is 0 Å². The summed E-state index contributed by atoms with van der Waals surface area (Å²) >= 11 is 0. The maximum absolute atomic E-state index is 12.0. The molecular formula is C13H15N3O. The molecule has 88 valence electrons. The van der Waals surface area contributed by atoms with Gasteiger partial charge >= 0.3 is 0 Å². The van der Waals surface area contributed by atoms with Crippen molar-refractivity contribution in [1.82, 2.24) is 5.32 Å². The molecule has 0 saturated heterocycles. The number of nitrogens with zero attached hydrogens (tertiary/aromatic N) is 2. The number of likely N-dealkylation sites (N-methyl/N-ethyl adjacent to an activating group) is 1. The van der Waals surface area contributed by atoms with E-state index in [1.807, 2.05) is 31.2 Å². The topological polar surface area (TPSA) is 56.1 Å². The summed E-state index contributed by atoms with van der Waals surface area (Å²) < 4.78 is 0. The Morgan fingerprint density at radius 2 is 2.24 bits per heavy atom. The molecule has 4 nitrogen and oxygen atoms in total. The van der Waals surface area contributed by atoms with Gasteiger partial charge in [0.05, 0.1) is 12.0 Å². The van der Waals surface area contributed by atoms with Crippen molar-refractivity contribution in [3.05, 3.63) is 29.8 Å².